The SMILES string of the molecule is Fc1cc(F)c(NCCc2ncno2)nc1F. The minimum absolute atomic E-state index is 0.206. The van der Waals surface area contributed by atoms with Crippen LogP contribution in [0.3, 0.4) is 0 Å². The van der Waals surface area contributed by atoms with Crippen molar-refractivity contribution >= 4 is 5.82 Å². The molecule has 17 heavy (non-hydrogen) atoms. The Hall–Kier alpha value is -2.12. The molecule has 2 rings (SSSR count). The highest BCUT2D eigenvalue weighted by atomic mass is 19.2. The summed E-state index contributed by atoms with van der Waals surface area (Å²) in [5.41, 5.74) is 0. The molecular formula is C9H7F3N4O. The number of nitrogens with one attached hydrogen (secondary N) is 1. The van der Waals surface area contributed by atoms with Crippen LogP contribution in [0.5, 0.6) is 0 Å². The first-order chi connectivity index (χ1) is 8.16. The van der Waals surface area contributed by atoms with Gasteiger partial charge in [-0.15, -0.1) is 0 Å². The average molecular weight is 244 g/mol. The van der Waals surface area contributed by atoms with Crippen LogP contribution in [0.4, 0.5) is 19.0 Å². The van der Waals surface area contributed by atoms with Crippen molar-refractivity contribution in [2.24, 2.45) is 0 Å². The molecule has 0 fully saturated rings. The number of aromatic nitrogens is 3. The molecule has 0 saturated carbocycles. The fourth-order valence-electron chi connectivity index (χ4n) is 1.16. The summed E-state index contributed by atoms with van der Waals surface area (Å²) in [4.78, 5) is 6.83. The lowest BCUT2D eigenvalue weighted by Crippen LogP contribution is -2.09. The highest BCUT2D eigenvalue weighted by Crippen LogP contribution is 2.14. The van der Waals surface area contributed by atoms with Gasteiger partial charge in [0.2, 0.25) is 5.89 Å². The van der Waals surface area contributed by atoms with Gasteiger partial charge in [0.25, 0.3) is 5.95 Å². The Bertz CT molecular complexity index is 503. The number of anilines is 1. The zero-order chi connectivity index (χ0) is 12.3. The van der Waals surface area contributed by atoms with E-state index in [4.69, 9.17) is 4.52 Å². The van der Waals surface area contributed by atoms with Crippen molar-refractivity contribution in [3.05, 3.63) is 35.9 Å². The third kappa shape index (κ3) is 2.71. The van der Waals surface area contributed by atoms with Crippen molar-refractivity contribution in [2.75, 3.05) is 11.9 Å². The van der Waals surface area contributed by atoms with Crippen LogP contribution in [0, 0.1) is 17.6 Å². The number of halogens is 3. The van der Waals surface area contributed by atoms with Crippen LogP contribution in [0.25, 0.3) is 0 Å². The number of nitrogens with zero attached hydrogens (tertiary/aromatic N) is 3. The van der Waals surface area contributed by atoms with E-state index in [1.54, 1.807) is 0 Å². The molecule has 2 aromatic rings. The standard InChI is InChI=1S/C9H7F3N4O/c10-5-3-6(11)9(16-8(5)12)13-2-1-7-14-4-15-17-7/h3-4H,1-2H2,(H,13,16). The Kier molecular flexibility index (Phi) is 3.22. The molecule has 0 atom stereocenters. The molecule has 0 saturated heterocycles. The zero-order valence-corrected chi connectivity index (χ0v) is 8.45. The Balaban J connectivity index is 1.97. The van der Waals surface area contributed by atoms with E-state index in [-0.39, 0.29) is 12.4 Å². The van der Waals surface area contributed by atoms with Crippen molar-refractivity contribution in [1.82, 2.24) is 15.1 Å². The second-order valence-corrected chi connectivity index (χ2v) is 3.10. The zero-order valence-electron chi connectivity index (χ0n) is 8.45. The smallest absolute Gasteiger partial charge is 0.251 e. The molecule has 0 aliphatic carbocycles. The molecule has 0 aliphatic heterocycles. The first-order valence-corrected chi connectivity index (χ1v) is 4.68. The molecule has 0 bridgehead atoms. The van der Waals surface area contributed by atoms with E-state index < -0.39 is 17.6 Å². The van der Waals surface area contributed by atoms with E-state index in [1.165, 1.54) is 6.33 Å². The second kappa shape index (κ2) is 4.81. The molecule has 0 amide bonds. The van der Waals surface area contributed by atoms with Crippen molar-refractivity contribution in [3.8, 4) is 0 Å². The van der Waals surface area contributed by atoms with Crippen LogP contribution in [-0.4, -0.2) is 21.7 Å². The summed E-state index contributed by atoms with van der Waals surface area (Å²) in [7, 11) is 0. The topological polar surface area (TPSA) is 63.8 Å². The molecule has 2 heterocycles. The maximum Gasteiger partial charge on any atom is 0.251 e. The van der Waals surface area contributed by atoms with E-state index in [9.17, 15) is 13.2 Å². The van der Waals surface area contributed by atoms with E-state index in [0.29, 0.717) is 18.4 Å². The monoisotopic (exact) mass is 244 g/mol. The van der Waals surface area contributed by atoms with Gasteiger partial charge in [-0.3, -0.25) is 0 Å². The molecule has 90 valence electrons. The summed E-state index contributed by atoms with van der Waals surface area (Å²) in [5, 5.41) is 5.88. The summed E-state index contributed by atoms with van der Waals surface area (Å²) in [6.07, 6.45) is 1.55. The molecule has 0 unspecified atom stereocenters. The molecule has 0 aliphatic rings. The molecule has 5 nitrogen and oxygen atoms in total. The van der Waals surface area contributed by atoms with Crippen molar-refractivity contribution in [2.45, 2.75) is 6.42 Å². The molecular weight excluding hydrogens is 237 g/mol. The highest BCUT2D eigenvalue weighted by molar-refractivity contribution is 5.36. The van der Waals surface area contributed by atoms with Gasteiger partial charge in [0, 0.05) is 19.0 Å². The van der Waals surface area contributed by atoms with Gasteiger partial charge >= 0.3 is 0 Å². The molecule has 0 radical (unpaired) electrons. The summed E-state index contributed by atoms with van der Waals surface area (Å²) in [5.74, 6) is -3.66. The van der Waals surface area contributed by atoms with Gasteiger partial charge in [-0.2, -0.15) is 14.4 Å². The molecule has 0 spiro atoms. The van der Waals surface area contributed by atoms with Crippen molar-refractivity contribution in [1.29, 1.82) is 0 Å². The Labute approximate surface area is 93.7 Å². The van der Waals surface area contributed by atoms with Crippen LogP contribution >= 0.6 is 0 Å². The van der Waals surface area contributed by atoms with Crippen LogP contribution in [0.15, 0.2) is 16.9 Å². The predicted octanol–water partition coefficient (Wildman–Crippen LogP) is 1.54. The lowest BCUT2D eigenvalue weighted by molar-refractivity contribution is 0.379. The first-order valence-electron chi connectivity index (χ1n) is 4.68. The Morgan fingerprint density at radius 1 is 1.24 bits per heavy atom. The fourth-order valence-corrected chi connectivity index (χ4v) is 1.16. The molecule has 1 N–H and O–H groups in total. The quantitative estimate of drug-likeness (QED) is 0.826. The highest BCUT2D eigenvalue weighted by Gasteiger charge is 2.11. The van der Waals surface area contributed by atoms with Crippen molar-refractivity contribution < 1.29 is 17.7 Å². The summed E-state index contributed by atoms with van der Waals surface area (Å²) in [6.45, 7) is 0.206. The predicted molar refractivity (Wildman–Crippen MR) is 50.6 cm³/mol. The third-order valence-corrected chi connectivity index (χ3v) is 1.92. The minimum atomic E-state index is -1.35. The van der Waals surface area contributed by atoms with Crippen LogP contribution in [0.2, 0.25) is 0 Å². The summed E-state index contributed by atoms with van der Waals surface area (Å²) in [6, 6.07) is 0.428. The lowest BCUT2D eigenvalue weighted by Gasteiger charge is -2.05. The van der Waals surface area contributed by atoms with Gasteiger partial charge < -0.3 is 9.84 Å². The molecule has 8 heteroatoms. The van der Waals surface area contributed by atoms with Gasteiger partial charge in [-0.1, -0.05) is 5.16 Å². The van der Waals surface area contributed by atoms with E-state index >= 15 is 0 Å². The minimum Gasteiger partial charge on any atom is -0.367 e. The number of hydrogen-bond donors (Lipinski definition) is 1. The normalized spacial score (nSPS) is 10.5. The molecule has 0 aromatic carbocycles. The Morgan fingerprint density at radius 3 is 2.76 bits per heavy atom. The summed E-state index contributed by atoms with van der Waals surface area (Å²) >= 11 is 0. The van der Waals surface area contributed by atoms with E-state index in [1.807, 2.05) is 0 Å². The fraction of sp³-hybridized carbons (Fsp3) is 0.222. The summed E-state index contributed by atoms with van der Waals surface area (Å²) < 4.78 is 43.1. The van der Waals surface area contributed by atoms with E-state index in [0.717, 1.165) is 0 Å². The maximum absolute atomic E-state index is 13.1. The van der Waals surface area contributed by atoms with Gasteiger partial charge in [-0.25, -0.2) is 8.78 Å². The first kappa shape index (κ1) is 11.4. The van der Waals surface area contributed by atoms with Gasteiger partial charge in [-0.05, 0) is 0 Å². The van der Waals surface area contributed by atoms with E-state index in [2.05, 4.69) is 20.4 Å². The maximum atomic E-state index is 13.1. The van der Waals surface area contributed by atoms with Gasteiger partial charge in [0.15, 0.2) is 23.8 Å². The van der Waals surface area contributed by atoms with Crippen LogP contribution < -0.4 is 5.32 Å². The molecule has 2 aromatic heterocycles. The largest absolute Gasteiger partial charge is 0.367 e. The lowest BCUT2D eigenvalue weighted by atomic mass is 10.4. The van der Waals surface area contributed by atoms with Crippen LogP contribution in [-0.2, 0) is 6.42 Å². The van der Waals surface area contributed by atoms with Crippen LogP contribution in [0.1, 0.15) is 5.89 Å². The number of rotatable bonds is 4. The average Bonchev–Trinajstić information content (AvgIpc) is 2.78. The Morgan fingerprint density at radius 2 is 2.06 bits per heavy atom. The number of pyridine rings is 1. The van der Waals surface area contributed by atoms with Gasteiger partial charge in [0.1, 0.15) is 0 Å². The number of hydrogen-bond acceptors (Lipinski definition) is 5. The third-order valence-electron chi connectivity index (χ3n) is 1.92. The second-order valence-electron chi connectivity index (χ2n) is 3.10. The van der Waals surface area contributed by atoms with Gasteiger partial charge in [0.05, 0.1) is 0 Å². The van der Waals surface area contributed by atoms with Crippen molar-refractivity contribution in [3.63, 3.8) is 0 Å².